The molecule has 0 aromatic rings. The van der Waals surface area contributed by atoms with Gasteiger partial charge in [-0.15, -0.1) is 0 Å². The van der Waals surface area contributed by atoms with Crippen LogP contribution in [0, 0.1) is 17.2 Å². The van der Waals surface area contributed by atoms with Gasteiger partial charge in [0.1, 0.15) is 0 Å². The van der Waals surface area contributed by atoms with E-state index in [9.17, 15) is 13.2 Å². The summed E-state index contributed by atoms with van der Waals surface area (Å²) in [5, 5.41) is 11.4. The summed E-state index contributed by atoms with van der Waals surface area (Å²) >= 11 is 1.67. The van der Waals surface area contributed by atoms with Crippen LogP contribution in [0.5, 0.6) is 0 Å². The van der Waals surface area contributed by atoms with Crippen LogP contribution in [0.3, 0.4) is 0 Å². The molecule has 0 fully saturated rings. The van der Waals surface area contributed by atoms with Crippen molar-refractivity contribution in [2.24, 2.45) is 5.92 Å². The van der Waals surface area contributed by atoms with Gasteiger partial charge < -0.3 is 5.32 Å². The molecule has 0 aromatic heterocycles. The molecule has 0 spiro atoms. The summed E-state index contributed by atoms with van der Waals surface area (Å²) in [7, 11) is 0. The molecular formula is C9H15F3N2S. The van der Waals surface area contributed by atoms with Gasteiger partial charge in [0.25, 0.3) is 0 Å². The Bertz CT molecular complexity index is 212. The van der Waals surface area contributed by atoms with Gasteiger partial charge in [-0.25, -0.2) is 0 Å². The van der Waals surface area contributed by atoms with Crippen molar-refractivity contribution in [1.29, 1.82) is 5.26 Å². The van der Waals surface area contributed by atoms with E-state index in [1.165, 1.54) is 6.07 Å². The van der Waals surface area contributed by atoms with Crippen LogP contribution in [0.15, 0.2) is 0 Å². The first-order valence-electron chi connectivity index (χ1n) is 4.61. The Balaban J connectivity index is 3.71. The summed E-state index contributed by atoms with van der Waals surface area (Å²) in [5.41, 5.74) is 0. The van der Waals surface area contributed by atoms with Crippen LogP contribution in [0.2, 0.25) is 0 Å². The first-order chi connectivity index (χ1) is 6.91. The monoisotopic (exact) mass is 240 g/mol. The minimum absolute atomic E-state index is 0.318. The summed E-state index contributed by atoms with van der Waals surface area (Å²) < 4.78 is 36.3. The molecule has 2 atom stereocenters. The highest BCUT2D eigenvalue weighted by Crippen LogP contribution is 2.24. The van der Waals surface area contributed by atoms with Crippen molar-refractivity contribution in [1.82, 2.24) is 5.32 Å². The van der Waals surface area contributed by atoms with Crippen molar-refractivity contribution in [3.8, 4) is 6.07 Å². The molecule has 0 heterocycles. The van der Waals surface area contributed by atoms with Crippen LogP contribution in [0.4, 0.5) is 13.2 Å². The number of hydrogen-bond acceptors (Lipinski definition) is 3. The van der Waals surface area contributed by atoms with Crippen molar-refractivity contribution in [3.63, 3.8) is 0 Å². The zero-order valence-electron chi connectivity index (χ0n) is 8.77. The lowest BCUT2D eigenvalue weighted by Crippen LogP contribution is -2.33. The molecule has 0 radical (unpaired) electrons. The molecule has 2 nitrogen and oxygen atoms in total. The topological polar surface area (TPSA) is 35.8 Å². The molecule has 0 aromatic carbocycles. The van der Waals surface area contributed by atoms with E-state index in [-0.39, 0.29) is 6.54 Å². The van der Waals surface area contributed by atoms with Crippen molar-refractivity contribution >= 4 is 11.8 Å². The van der Waals surface area contributed by atoms with Crippen LogP contribution < -0.4 is 5.32 Å². The second-order valence-electron chi connectivity index (χ2n) is 3.26. The van der Waals surface area contributed by atoms with E-state index >= 15 is 0 Å². The molecule has 0 rings (SSSR count). The molecule has 0 bridgehead atoms. The zero-order valence-corrected chi connectivity index (χ0v) is 9.58. The van der Waals surface area contributed by atoms with Gasteiger partial charge in [-0.05, 0) is 19.2 Å². The minimum atomic E-state index is -4.42. The summed E-state index contributed by atoms with van der Waals surface area (Å²) in [6.45, 7) is 2.20. The third-order valence-corrected chi connectivity index (χ3v) is 3.07. The number of hydrogen-bond donors (Lipinski definition) is 1. The lowest BCUT2D eigenvalue weighted by atomic mass is 10.1. The third kappa shape index (κ3) is 6.63. The van der Waals surface area contributed by atoms with Gasteiger partial charge in [-0.2, -0.15) is 30.2 Å². The van der Waals surface area contributed by atoms with Crippen LogP contribution >= 0.6 is 11.8 Å². The Kier molecular flexibility index (Phi) is 6.77. The number of nitrogens with zero attached hydrogens (tertiary/aromatic N) is 1. The Morgan fingerprint density at radius 2 is 2.07 bits per heavy atom. The van der Waals surface area contributed by atoms with E-state index in [1.54, 1.807) is 11.8 Å². The molecule has 0 saturated carbocycles. The van der Waals surface area contributed by atoms with Gasteiger partial charge in [0.15, 0.2) is 5.92 Å². The Labute approximate surface area is 92.2 Å². The van der Waals surface area contributed by atoms with Crippen LogP contribution in [0.25, 0.3) is 0 Å². The average molecular weight is 240 g/mol. The first kappa shape index (κ1) is 14.6. The normalized spacial score (nSPS) is 15.7. The summed E-state index contributed by atoms with van der Waals surface area (Å²) in [5.74, 6) is -1.90. The smallest absolute Gasteiger partial charge is 0.315 e. The molecule has 88 valence electrons. The standard InChI is InChI=1S/C9H15F3N2S/c1-7(15-2)3-4-14-6-8(5-13)9(10,11)12/h7-8,14H,3-4,6H2,1-2H3. The lowest BCUT2D eigenvalue weighted by molar-refractivity contribution is -0.157. The summed E-state index contributed by atoms with van der Waals surface area (Å²) in [6.07, 6.45) is -1.66. The fourth-order valence-corrected chi connectivity index (χ4v) is 1.26. The molecule has 15 heavy (non-hydrogen) atoms. The minimum Gasteiger partial charge on any atom is -0.315 e. The molecule has 2 unspecified atom stereocenters. The molecule has 0 aliphatic heterocycles. The SMILES string of the molecule is CSC(C)CCNCC(C#N)C(F)(F)F. The lowest BCUT2D eigenvalue weighted by Gasteiger charge is -2.14. The highest BCUT2D eigenvalue weighted by Gasteiger charge is 2.39. The number of thioether (sulfide) groups is 1. The zero-order chi connectivity index (χ0) is 11.9. The molecule has 0 saturated heterocycles. The van der Waals surface area contributed by atoms with Gasteiger partial charge in [0.05, 0.1) is 6.07 Å². The Morgan fingerprint density at radius 3 is 2.47 bits per heavy atom. The summed E-state index contributed by atoms with van der Waals surface area (Å²) in [4.78, 5) is 0. The Hall–Kier alpha value is -0.410. The second-order valence-corrected chi connectivity index (χ2v) is 4.54. The van der Waals surface area contributed by atoms with E-state index in [0.717, 1.165) is 6.42 Å². The van der Waals surface area contributed by atoms with Gasteiger partial charge in [0.2, 0.25) is 0 Å². The van der Waals surface area contributed by atoms with E-state index in [0.29, 0.717) is 11.8 Å². The third-order valence-electron chi connectivity index (χ3n) is 2.03. The predicted octanol–water partition coefficient (Wildman–Crippen LogP) is 2.42. The number of nitrogens with one attached hydrogen (secondary N) is 1. The maximum absolute atomic E-state index is 12.1. The van der Waals surface area contributed by atoms with Gasteiger partial charge in [0, 0.05) is 11.8 Å². The molecule has 1 N–H and O–H groups in total. The Morgan fingerprint density at radius 1 is 1.47 bits per heavy atom. The molecular weight excluding hydrogens is 225 g/mol. The van der Waals surface area contributed by atoms with E-state index in [4.69, 9.17) is 5.26 Å². The highest BCUT2D eigenvalue weighted by atomic mass is 32.2. The average Bonchev–Trinajstić information content (AvgIpc) is 2.15. The summed E-state index contributed by atoms with van der Waals surface area (Å²) in [6, 6.07) is 1.25. The van der Waals surface area contributed by atoms with Crippen molar-refractivity contribution in [2.75, 3.05) is 19.3 Å². The highest BCUT2D eigenvalue weighted by molar-refractivity contribution is 7.99. The van der Waals surface area contributed by atoms with Crippen molar-refractivity contribution in [2.45, 2.75) is 24.8 Å². The van der Waals surface area contributed by atoms with Crippen LogP contribution in [-0.4, -0.2) is 30.8 Å². The maximum Gasteiger partial charge on any atom is 0.405 e. The van der Waals surface area contributed by atoms with Gasteiger partial charge >= 0.3 is 6.18 Å². The second kappa shape index (κ2) is 6.96. The van der Waals surface area contributed by atoms with Gasteiger partial charge in [-0.3, -0.25) is 0 Å². The quantitative estimate of drug-likeness (QED) is 0.724. The fourth-order valence-electron chi connectivity index (χ4n) is 0.904. The maximum atomic E-state index is 12.1. The van der Waals surface area contributed by atoms with E-state index in [2.05, 4.69) is 5.32 Å². The van der Waals surface area contributed by atoms with Crippen LogP contribution in [0.1, 0.15) is 13.3 Å². The molecule has 0 aliphatic carbocycles. The predicted molar refractivity (Wildman–Crippen MR) is 55.6 cm³/mol. The molecule has 6 heteroatoms. The van der Waals surface area contributed by atoms with Crippen molar-refractivity contribution in [3.05, 3.63) is 0 Å². The molecule has 0 amide bonds. The number of halogens is 3. The fraction of sp³-hybridized carbons (Fsp3) is 0.889. The molecule has 0 aliphatic rings. The van der Waals surface area contributed by atoms with E-state index < -0.39 is 12.1 Å². The number of nitriles is 1. The van der Waals surface area contributed by atoms with Gasteiger partial charge in [-0.1, -0.05) is 6.92 Å². The van der Waals surface area contributed by atoms with Crippen LogP contribution in [-0.2, 0) is 0 Å². The van der Waals surface area contributed by atoms with E-state index in [1.807, 2.05) is 13.2 Å². The number of alkyl halides is 3. The largest absolute Gasteiger partial charge is 0.405 e. The first-order valence-corrected chi connectivity index (χ1v) is 5.90. The van der Waals surface area contributed by atoms with Crippen molar-refractivity contribution < 1.29 is 13.2 Å². The number of rotatable bonds is 6.